The third kappa shape index (κ3) is 3.97. The molecule has 1 unspecified atom stereocenters. The van der Waals surface area contributed by atoms with E-state index < -0.39 is 0 Å². The van der Waals surface area contributed by atoms with Crippen molar-refractivity contribution in [3.8, 4) is 5.75 Å². The number of benzene rings is 1. The molecule has 1 aliphatic heterocycles. The molecule has 0 bridgehead atoms. The maximum absolute atomic E-state index is 12.6. The van der Waals surface area contributed by atoms with Crippen molar-refractivity contribution in [1.29, 1.82) is 0 Å². The Labute approximate surface area is 120 Å². The number of nitrogens with zero attached hydrogens (tertiary/aromatic N) is 1. The van der Waals surface area contributed by atoms with E-state index in [4.69, 9.17) is 0 Å². The van der Waals surface area contributed by atoms with Gasteiger partial charge in [0.05, 0.1) is 0 Å². The van der Waals surface area contributed by atoms with E-state index in [1.54, 1.807) is 24.3 Å². The van der Waals surface area contributed by atoms with Gasteiger partial charge in [-0.1, -0.05) is 13.0 Å². The van der Waals surface area contributed by atoms with Crippen molar-refractivity contribution in [2.75, 3.05) is 26.2 Å². The van der Waals surface area contributed by atoms with E-state index in [1.807, 2.05) is 4.90 Å². The number of amides is 1. The molecule has 2 N–H and O–H groups in total. The van der Waals surface area contributed by atoms with Crippen LogP contribution in [0.25, 0.3) is 0 Å². The van der Waals surface area contributed by atoms with Crippen molar-refractivity contribution in [2.24, 2.45) is 5.92 Å². The summed E-state index contributed by atoms with van der Waals surface area (Å²) < 4.78 is 0. The van der Waals surface area contributed by atoms with Gasteiger partial charge in [0.1, 0.15) is 5.75 Å². The van der Waals surface area contributed by atoms with Gasteiger partial charge < -0.3 is 15.3 Å². The van der Waals surface area contributed by atoms with Crippen molar-refractivity contribution in [1.82, 2.24) is 10.2 Å². The summed E-state index contributed by atoms with van der Waals surface area (Å²) in [4.78, 5) is 14.5. The van der Waals surface area contributed by atoms with E-state index in [-0.39, 0.29) is 11.7 Å². The number of nitrogens with one attached hydrogen (secondary N) is 1. The van der Waals surface area contributed by atoms with Crippen LogP contribution >= 0.6 is 0 Å². The topological polar surface area (TPSA) is 52.6 Å². The number of hydrogen-bond acceptors (Lipinski definition) is 3. The lowest BCUT2D eigenvalue weighted by Crippen LogP contribution is -2.41. The van der Waals surface area contributed by atoms with Gasteiger partial charge in [-0.25, -0.2) is 0 Å². The second-order valence-corrected chi connectivity index (χ2v) is 5.51. The molecule has 1 atom stereocenters. The molecule has 4 nitrogen and oxygen atoms in total. The van der Waals surface area contributed by atoms with Crippen LogP contribution in [-0.2, 0) is 0 Å². The van der Waals surface area contributed by atoms with Crippen molar-refractivity contribution in [2.45, 2.75) is 26.2 Å². The number of piperidine rings is 1. The van der Waals surface area contributed by atoms with Crippen molar-refractivity contribution >= 4 is 5.91 Å². The first-order valence-electron chi connectivity index (χ1n) is 7.49. The lowest BCUT2D eigenvalue weighted by Gasteiger charge is -2.30. The fourth-order valence-corrected chi connectivity index (χ4v) is 2.76. The van der Waals surface area contributed by atoms with Gasteiger partial charge in [0.2, 0.25) is 0 Å². The van der Waals surface area contributed by atoms with Gasteiger partial charge in [0, 0.05) is 18.7 Å². The Hall–Kier alpha value is -1.55. The Morgan fingerprint density at radius 2 is 2.35 bits per heavy atom. The zero-order valence-electron chi connectivity index (χ0n) is 12.1. The molecule has 20 heavy (non-hydrogen) atoms. The summed E-state index contributed by atoms with van der Waals surface area (Å²) in [5, 5.41) is 12.9. The number of phenolic OH excluding ortho intramolecular Hbond substituents is 1. The average molecular weight is 276 g/mol. The summed E-state index contributed by atoms with van der Waals surface area (Å²) in [6.45, 7) is 5.74. The molecule has 0 aliphatic carbocycles. The van der Waals surface area contributed by atoms with Crippen LogP contribution in [0.1, 0.15) is 36.5 Å². The minimum absolute atomic E-state index is 0.0216. The smallest absolute Gasteiger partial charge is 0.253 e. The van der Waals surface area contributed by atoms with Gasteiger partial charge in [-0.2, -0.15) is 0 Å². The minimum Gasteiger partial charge on any atom is -0.508 e. The first-order chi connectivity index (χ1) is 9.70. The summed E-state index contributed by atoms with van der Waals surface area (Å²) in [6.07, 6.45) is 3.32. The number of aromatic hydroxyl groups is 1. The van der Waals surface area contributed by atoms with Crippen molar-refractivity contribution in [3.05, 3.63) is 29.8 Å². The monoisotopic (exact) mass is 276 g/mol. The summed E-state index contributed by atoms with van der Waals surface area (Å²) in [5.41, 5.74) is 0.571. The van der Waals surface area contributed by atoms with Gasteiger partial charge in [0.25, 0.3) is 5.91 Å². The summed E-state index contributed by atoms with van der Waals surface area (Å²) >= 11 is 0. The molecule has 0 saturated carbocycles. The number of phenols is 1. The van der Waals surface area contributed by atoms with Crippen molar-refractivity contribution < 1.29 is 9.90 Å². The molecule has 4 heteroatoms. The number of rotatable bonds is 5. The molecular weight excluding hydrogens is 252 g/mol. The van der Waals surface area contributed by atoms with Crippen LogP contribution in [0.15, 0.2) is 24.3 Å². The summed E-state index contributed by atoms with van der Waals surface area (Å²) in [7, 11) is 0. The first kappa shape index (κ1) is 14.9. The standard InChI is InChI=1S/C16H24N2O2/c1-2-9-18(12-13-5-4-8-17-11-13)16(20)14-6-3-7-15(19)10-14/h3,6-7,10,13,17,19H,2,4-5,8-9,11-12H2,1H3. The molecular formula is C16H24N2O2. The van der Waals surface area contributed by atoms with E-state index in [0.29, 0.717) is 11.5 Å². The van der Waals surface area contributed by atoms with Gasteiger partial charge in [-0.3, -0.25) is 4.79 Å². The van der Waals surface area contributed by atoms with Crippen LogP contribution in [0.4, 0.5) is 0 Å². The van der Waals surface area contributed by atoms with Gasteiger partial charge >= 0.3 is 0 Å². The molecule has 1 aromatic rings. The molecule has 0 spiro atoms. The maximum atomic E-state index is 12.6. The zero-order chi connectivity index (χ0) is 14.4. The highest BCUT2D eigenvalue weighted by atomic mass is 16.3. The highest BCUT2D eigenvalue weighted by Gasteiger charge is 2.21. The summed E-state index contributed by atoms with van der Waals surface area (Å²) in [5.74, 6) is 0.705. The Balaban J connectivity index is 2.04. The van der Waals surface area contributed by atoms with E-state index in [1.165, 1.54) is 12.8 Å². The van der Waals surface area contributed by atoms with E-state index in [2.05, 4.69) is 12.2 Å². The quantitative estimate of drug-likeness (QED) is 0.867. The van der Waals surface area contributed by atoms with Crippen LogP contribution in [0, 0.1) is 5.92 Å². The molecule has 0 aromatic heterocycles. The van der Waals surface area contributed by atoms with Crippen LogP contribution in [-0.4, -0.2) is 42.1 Å². The van der Waals surface area contributed by atoms with E-state index >= 15 is 0 Å². The van der Waals surface area contributed by atoms with Gasteiger partial charge in [-0.05, 0) is 56.5 Å². The van der Waals surface area contributed by atoms with Gasteiger partial charge in [0.15, 0.2) is 0 Å². The third-order valence-electron chi connectivity index (χ3n) is 3.75. The Morgan fingerprint density at radius 1 is 1.50 bits per heavy atom. The van der Waals surface area contributed by atoms with Crippen LogP contribution in [0.3, 0.4) is 0 Å². The molecule has 1 saturated heterocycles. The average Bonchev–Trinajstić information content (AvgIpc) is 2.47. The predicted octanol–water partition coefficient (Wildman–Crippen LogP) is 2.24. The molecule has 2 rings (SSSR count). The highest BCUT2D eigenvalue weighted by molar-refractivity contribution is 5.94. The second kappa shape index (κ2) is 7.29. The lowest BCUT2D eigenvalue weighted by molar-refractivity contribution is 0.0718. The molecule has 1 amide bonds. The predicted molar refractivity (Wildman–Crippen MR) is 79.9 cm³/mol. The fourth-order valence-electron chi connectivity index (χ4n) is 2.76. The normalized spacial score (nSPS) is 18.8. The summed E-state index contributed by atoms with van der Waals surface area (Å²) in [6, 6.07) is 6.62. The highest BCUT2D eigenvalue weighted by Crippen LogP contribution is 2.17. The van der Waals surface area contributed by atoms with E-state index in [9.17, 15) is 9.90 Å². The second-order valence-electron chi connectivity index (χ2n) is 5.51. The molecule has 1 heterocycles. The first-order valence-corrected chi connectivity index (χ1v) is 7.49. The minimum atomic E-state index is 0.0216. The molecule has 1 aliphatic rings. The maximum Gasteiger partial charge on any atom is 0.253 e. The zero-order valence-corrected chi connectivity index (χ0v) is 12.1. The van der Waals surface area contributed by atoms with Crippen LogP contribution < -0.4 is 5.32 Å². The number of hydrogen-bond donors (Lipinski definition) is 2. The van der Waals surface area contributed by atoms with Crippen molar-refractivity contribution in [3.63, 3.8) is 0 Å². The lowest BCUT2D eigenvalue weighted by atomic mass is 9.98. The Bertz CT molecular complexity index is 442. The van der Waals surface area contributed by atoms with Crippen LogP contribution in [0.2, 0.25) is 0 Å². The SMILES string of the molecule is CCCN(CC1CCCNC1)C(=O)c1cccc(O)c1. The Morgan fingerprint density at radius 3 is 3.00 bits per heavy atom. The van der Waals surface area contributed by atoms with Crippen LogP contribution in [0.5, 0.6) is 5.75 Å². The Kier molecular flexibility index (Phi) is 5.41. The molecule has 110 valence electrons. The molecule has 1 aromatic carbocycles. The fraction of sp³-hybridized carbons (Fsp3) is 0.562. The number of carbonyl (C=O) groups excluding carboxylic acids is 1. The number of carbonyl (C=O) groups is 1. The molecule has 1 fully saturated rings. The largest absolute Gasteiger partial charge is 0.508 e. The van der Waals surface area contributed by atoms with E-state index in [0.717, 1.165) is 32.6 Å². The molecule has 0 radical (unpaired) electrons. The van der Waals surface area contributed by atoms with Gasteiger partial charge in [-0.15, -0.1) is 0 Å². The third-order valence-corrected chi connectivity index (χ3v) is 3.75.